The fraction of sp³-hybridized carbons (Fsp3) is 0.583. The maximum absolute atomic E-state index is 11.6. The summed E-state index contributed by atoms with van der Waals surface area (Å²) < 4.78 is 4.97. The van der Waals surface area contributed by atoms with Gasteiger partial charge in [0.05, 0.1) is 6.42 Å². The zero-order chi connectivity index (χ0) is 12.7. The fourth-order valence-electron chi connectivity index (χ4n) is 1.14. The zero-order valence-corrected chi connectivity index (χ0v) is 10.0. The van der Waals surface area contributed by atoms with Crippen molar-refractivity contribution in [2.24, 2.45) is 0 Å². The van der Waals surface area contributed by atoms with E-state index in [1.165, 1.54) is 13.8 Å². The number of carbonyl (C=O) groups excluding carboxylic acids is 3. The van der Waals surface area contributed by atoms with E-state index >= 15 is 0 Å². The zero-order valence-electron chi connectivity index (χ0n) is 10.0. The predicted octanol–water partition coefficient (Wildman–Crippen LogP) is 1.82. The smallest absolute Gasteiger partial charge is 0.333 e. The first kappa shape index (κ1) is 14.6. The van der Waals surface area contributed by atoms with Gasteiger partial charge in [0, 0.05) is 5.57 Å². The Hall–Kier alpha value is -1.45. The van der Waals surface area contributed by atoms with Crippen LogP contribution in [0.15, 0.2) is 12.2 Å². The summed E-state index contributed by atoms with van der Waals surface area (Å²) in [7, 11) is 0. The summed E-state index contributed by atoms with van der Waals surface area (Å²) in [4.78, 5) is 33.6. The van der Waals surface area contributed by atoms with E-state index in [0.29, 0.717) is 12.8 Å². The minimum atomic E-state index is -0.821. The van der Waals surface area contributed by atoms with Crippen LogP contribution in [0.1, 0.15) is 40.0 Å². The molecule has 4 heteroatoms. The molecule has 0 amide bonds. The van der Waals surface area contributed by atoms with Crippen LogP contribution in [0.3, 0.4) is 0 Å². The molecule has 0 aromatic heterocycles. The van der Waals surface area contributed by atoms with Crippen LogP contribution in [0, 0.1) is 0 Å². The van der Waals surface area contributed by atoms with E-state index in [1.54, 1.807) is 0 Å². The van der Waals surface area contributed by atoms with Crippen LogP contribution in [-0.4, -0.2) is 23.6 Å². The molecule has 0 heterocycles. The first-order valence-corrected chi connectivity index (χ1v) is 5.27. The molecule has 0 saturated carbocycles. The maximum atomic E-state index is 11.6. The molecule has 0 bridgehead atoms. The van der Waals surface area contributed by atoms with Crippen molar-refractivity contribution >= 4 is 17.5 Å². The summed E-state index contributed by atoms with van der Waals surface area (Å²) in [6.45, 7) is 8.16. The number of Topliss-reactive ketones (excluding diaryl/α,β-unsaturated/α-hetero) is 2. The molecular weight excluding hydrogens is 208 g/mol. The van der Waals surface area contributed by atoms with E-state index in [1.807, 2.05) is 6.92 Å². The number of ketones is 2. The van der Waals surface area contributed by atoms with Gasteiger partial charge in [0.2, 0.25) is 0 Å². The van der Waals surface area contributed by atoms with Crippen LogP contribution in [0.4, 0.5) is 0 Å². The van der Waals surface area contributed by atoms with Crippen LogP contribution in [-0.2, 0) is 19.1 Å². The summed E-state index contributed by atoms with van der Waals surface area (Å²) in [5.74, 6) is -1.16. The average molecular weight is 226 g/mol. The number of rotatable bonds is 7. The van der Waals surface area contributed by atoms with Gasteiger partial charge in [-0.1, -0.05) is 19.9 Å². The van der Waals surface area contributed by atoms with Gasteiger partial charge in [-0.25, -0.2) is 4.79 Å². The summed E-state index contributed by atoms with van der Waals surface area (Å²) in [5.41, 5.74) is 0.247. The normalized spacial score (nSPS) is 11.7. The van der Waals surface area contributed by atoms with Gasteiger partial charge in [-0.15, -0.1) is 0 Å². The molecule has 0 aliphatic heterocycles. The quantitative estimate of drug-likeness (QED) is 0.377. The molecule has 0 radical (unpaired) electrons. The van der Waals surface area contributed by atoms with Crippen LogP contribution < -0.4 is 0 Å². The summed E-state index contributed by atoms with van der Waals surface area (Å²) in [6.07, 6.45) is 0.134. The monoisotopic (exact) mass is 226 g/mol. The lowest BCUT2D eigenvalue weighted by molar-refractivity contribution is -0.152. The molecule has 0 fully saturated rings. The highest BCUT2D eigenvalue weighted by atomic mass is 16.5. The van der Waals surface area contributed by atoms with Crippen LogP contribution >= 0.6 is 0 Å². The minimum Gasteiger partial charge on any atom is -0.451 e. The highest BCUT2D eigenvalue weighted by Gasteiger charge is 2.23. The standard InChI is InChI=1S/C12H18O4/c1-5-6-11(10(14)7-9(4)13)16-12(15)8(2)3/h11H,2,5-7H2,1,3-4H3. The Morgan fingerprint density at radius 1 is 1.25 bits per heavy atom. The SMILES string of the molecule is C=C(C)C(=O)OC(CCC)C(=O)CC(C)=O. The third-order valence-corrected chi connectivity index (χ3v) is 1.93. The molecular formula is C12H18O4. The van der Waals surface area contributed by atoms with E-state index in [2.05, 4.69) is 6.58 Å². The van der Waals surface area contributed by atoms with Gasteiger partial charge < -0.3 is 4.74 Å². The van der Waals surface area contributed by atoms with Gasteiger partial charge in [0.1, 0.15) is 5.78 Å². The van der Waals surface area contributed by atoms with Crippen molar-refractivity contribution in [3.05, 3.63) is 12.2 Å². The van der Waals surface area contributed by atoms with Crippen molar-refractivity contribution < 1.29 is 19.1 Å². The molecule has 0 N–H and O–H groups in total. The van der Waals surface area contributed by atoms with Crippen molar-refractivity contribution in [3.63, 3.8) is 0 Å². The van der Waals surface area contributed by atoms with Gasteiger partial charge in [-0.3, -0.25) is 9.59 Å². The van der Waals surface area contributed by atoms with E-state index in [4.69, 9.17) is 4.74 Å². The van der Waals surface area contributed by atoms with Crippen LogP contribution in [0.5, 0.6) is 0 Å². The molecule has 4 nitrogen and oxygen atoms in total. The van der Waals surface area contributed by atoms with Crippen LogP contribution in [0.25, 0.3) is 0 Å². The largest absolute Gasteiger partial charge is 0.451 e. The van der Waals surface area contributed by atoms with E-state index in [0.717, 1.165) is 0 Å². The van der Waals surface area contributed by atoms with Gasteiger partial charge in [0.25, 0.3) is 0 Å². The number of hydrogen-bond acceptors (Lipinski definition) is 4. The molecule has 0 spiro atoms. The molecule has 1 unspecified atom stereocenters. The summed E-state index contributed by atoms with van der Waals surface area (Å²) >= 11 is 0. The predicted molar refractivity (Wildman–Crippen MR) is 59.9 cm³/mol. The molecule has 0 aliphatic rings. The third-order valence-electron chi connectivity index (χ3n) is 1.93. The minimum absolute atomic E-state index is 0.186. The van der Waals surface area contributed by atoms with Gasteiger partial charge in [0.15, 0.2) is 11.9 Å². The Labute approximate surface area is 95.7 Å². The van der Waals surface area contributed by atoms with Crippen molar-refractivity contribution in [1.82, 2.24) is 0 Å². The number of hydrogen-bond donors (Lipinski definition) is 0. The molecule has 0 aliphatic carbocycles. The van der Waals surface area contributed by atoms with Gasteiger partial charge in [-0.05, 0) is 20.3 Å². The Morgan fingerprint density at radius 2 is 1.81 bits per heavy atom. The van der Waals surface area contributed by atoms with Crippen molar-refractivity contribution in [3.8, 4) is 0 Å². The lowest BCUT2D eigenvalue weighted by Gasteiger charge is -2.15. The molecule has 0 rings (SSSR count). The van der Waals surface area contributed by atoms with Gasteiger partial charge >= 0.3 is 5.97 Å². The maximum Gasteiger partial charge on any atom is 0.333 e. The summed E-state index contributed by atoms with van der Waals surface area (Å²) in [5, 5.41) is 0. The Morgan fingerprint density at radius 3 is 2.19 bits per heavy atom. The second-order valence-corrected chi connectivity index (χ2v) is 3.81. The first-order valence-electron chi connectivity index (χ1n) is 5.27. The number of esters is 1. The topological polar surface area (TPSA) is 60.4 Å². The molecule has 0 aromatic rings. The Kier molecular flexibility index (Phi) is 6.30. The third kappa shape index (κ3) is 5.44. The first-order chi connectivity index (χ1) is 7.38. The number of ether oxygens (including phenoxy) is 1. The summed E-state index contributed by atoms with van der Waals surface area (Å²) in [6, 6.07) is 0. The average Bonchev–Trinajstić information content (AvgIpc) is 2.15. The number of carbonyl (C=O) groups is 3. The van der Waals surface area contributed by atoms with Crippen molar-refractivity contribution in [2.45, 2.75) is 46.1 Å². The molecule has 0 saturated heterocycles. The van der Waals surface area contributed by atoms with Gasteiger partial charge in [-0.2, -0.15) is 0 Å². The van der Waals surface area contributed by atoms with E-state index < -0.39 is 12.1 Å². The molecule has 90 valence electrons. The second-order valence-electron chi connectivity index (χ2n) is 3.81. The Bertz CT molecular complexity index is 304. The highest BCUT2D eigenvalue weighted by Crippen LogP contribution is 2.09. The fourth-order valence-corrected chi connectivity index (χ4v) is 1.14. The van der Waals surface area contributed by atoms with Crippen molar-refractivity contribution in [2.75, 3.05) is 0 Å². The van der Waals surface area contributed by atoms with Crippen molar-refractivity contribution in [1.29, 1.82) is 0 Å². The lowest BCUT2D eigenvalue weighted by Crippen LogP contribution is -2.28. The highest BCUT2D eigenvalue weighted by molar-refractivity contribution is 6.01. The van der Waals surface area contributed by atoms with E-state index in [-0.39, 0.29) is 23.6 Å². The molecule has 16 heavy (non-hydrogen) atoms. The second kappa shape index (κ2) is 6.93. The molecule has 1 atom stereocenters. The Balaban J connectivity index is 4.48. The van der Waals surface area contributed by atoms with E-state index in [9.17, 15) is 14.4 Å². The lowest BCUT2D eigenvalue weighted by atomic mass is 10.1. The van der Waals surface area contributed by atoms with Crippen LogP contribution in [0.2, 0.25) is 0 Å². The molecule has 0 aromatic carbocycles.